The van der Waals surface area contributed by atoms with Crippen molar-refractivity contribution in [3.8, 4) is 0 Å². The van der Waals surface area contributed by atoms with Gasteiger partial charge < -0.3 is 14.8 Å². The van der Waals surface area contributed by atoms with Gasteiger partial charge >= 0.3 is 6.03 Å². The normalized spacial score (nSPS) is 15.6. The van der Waals surface area contributed by atoms with Crippen molar-refractivity contribution in [2.24, 2.45) is 0 Å². The lowest BCUT2D eigenvalue weighted by molar-refractivity contribution is 0.0924. The number of benzene rings is 1. The molecule has 0 aliphatic heterocycles. The third kappa shape index (κ3) is 3.48. The summed E-state index contributed by atoms with van der Waals surface area (Å²) in [5.74, 6) is -0.160. The lowest BCUT2D eigenvalue weighted by atomic mass is 10.1. The Morgan fingerprint density at radius 1 is 1.03 bits per heavy atom. The van der Waals surface area contributed by atoms with Crippen LogP contribution in [0.1, 0.15) is 68.9 Å². The number of hydrogen-bond donors (Lipinski definition) is 1. The Bertz CT molecular complexity index is 1080. The molecule has 1 aliphatic rings. The zero-order valence-electron chi connectivity index (χ0n) is 18.4. The van der Waals surface area contributed by atoms with E-state index in [2.05, 4.69) is 29.8 Å². The third-order valence-electron chi connectivity index (χ3n) is 6.17. The largest absolute Gasteiger partial charge is 0.348 e. The highest BCUT2D eigenvalue weighted by atomic mass is 16.2. The molecule has 1 aromatic carbocycles. The summed E-state index contributed by atoms with van der Waals surface area (Å²) < 4.78 is 3.81. The van der Waals surface area contributed by atoms with Crippen molar-refractivity contribution in [3.63, 3.8) is 0 Å². The molecule has 0 saturated heterocycles. The van der Waals surface area contributed by atoms with Crippen LogP contribution in [0.4, 0.5) is 4.79 Å². The molecular formula is C24H32N4O2. The van der Waals surface area contributed by atoms with Crippen molar-refractivity contribution in [2.45, 2.75) is 64.5 Å². The highest BCUT2D eigenvalue weighted by Crippen LogP contribution is 2.34. The van der Waals surface area contributed by atoms with Crippen LogP contribution in [0.5, 0.6) is 0 Å². The third-order valence-corrected chi connectivity index (χ3v) is 6.17. The Hall–Kier alpha value is -2.76. The van der Waals surface area contributed by atoms with Gasteiger partial charge in [-0.1, -0.05) is 43.9 Å². The number of nitrogens with zero attached hydrogens (tertiary/aromatic N) is 3. The van der Waals surface area contributed by atoms with Crippen LogP contribution in [-0.4, -0.2) is 46.1 Å². The number of amides is 2. The van der Waals surface area contributed by atoms with Crippen LogP contribution in [0.2, 0.25) is 0 Å². The summed E-state index contributed by atoms with van der Waals surface area (Å²) in [4.78, 5) is 28.1. The van der Waals surface area contributed by atoms with Crippen LogP contribution in [-0.2, 0) is 0 Å². The Balaban J connectivity index is 1.88. The molecule has 0 bridgehead atoms. The molecule has 4 rings (SSSR count). The minimum Gasteiger partial charge on any atom is -0.348 e. The summed E-state index contributed by atoms with van der Waals surface area (Å²) in [5, 5.41) is 4.21. The van der Waals surface area contributed by atoms with Gasteiger partial charge in [0.15, 0.2) is 0 Å². The SMILES string of the molecule is CC(C)n1c2ccccc2c2c1cc(C(=O)NC1CCCCCC1)n2C(=O)N(C)C. The van der Waals surface area contributed by atoms with E-state index in [9.17, 15) is 9.59 Å². The number of carbonyl (C=O) groups is 2. The van der Waals surface area contributed by atoms with Crippen LogP contribution >= 0.6 is 0 Å². The molecule has 160 valence electrons. The Kier molecular flexibility index (Phi) is 5.58. The standard InChI is InChI=1S/C24H32N4O2/c1-16(2)27-19-14-10-9-13-18(19)22-20(27)15-21(28(22)24(30)26(3)4)23(29)25-17-11-7-5-6-8-12-17/h9-10,13-17H,5-8,11-12H2,1-4H3,(H,25,29). The molecule has 1 aliphatic carbocycles. The predicted molar refractivity (Wildman–Crippen MR) is 121 cm³/mol. The number of rotatable bonds is 3. The highest BCUT2D eigenvalue weighted by Gasteiger charge is 2.28. The second-order valence-electron chi connectivity index (χ2n) is 8.92. The molecule has 2 aromatic heterocycles. The number of nitrogens with one attached hydrogen (secondary N) is 1. The van der Waals surface area contributed by atoms with E-state index >= 15 is 0 Å². The summed E-state index contributed by atoms with van der Waals surface area (Å²) in [5.41, 5.74) is 3.23. The van der Waals surface area contributed by atoms with E-state index in [1.807, 2.05) is 24.3 Å². The van der Waals surface area contributed by atoms with Crippen LogP contribution in [0.25, 0.3) is 21.9 Å². The predicted octanol–water partition coefficient (Wildman–Crippen LogP) is 5.16. The smallest absolute Gasteiger partial charge is 0.328 e. The maximum atomic E-state index is 13.3. The molecule has 6 nitrogen and oxygen atoms in total. The molecule has 0 radical (unpaired) electrons. The quantitative estimate of drug-likeness (QED) is 0.609. The number of hydrogen-bond acceptors (Lipinski definition) is 2. The lowest BCUT2D eigenvalue weighted by Crippen LogP contribution is -2.37. The zero-order chi connectivity index (χ0) is 21.4. The van der Waals surface area contributed by atoms with Gasteiger partial charge in [-0.05, 0) is 38.8 Å². The summed E-state index contributed by atoms with van der Waals surface area (Å²) in [6, 6.07) is 10.2. The minimum absolute atomic E-state index is 0.160. The van der Waals surface area contributed by atoms with Crippen molar-refractivity contribution in [1.82, 2.24) is 19.4 Å². The van der Waals surface area contributed by atoms with Gasteiger partial charge in [0.2, 0.25) is 0 Å². The maximum absolute atomic E-state index is 13.3. The lowest BCUT2D eigenvalue weighted by Gasteiger charge is -2.18. The fourth-order valence-corrected chi connectivity index (χ4v) is 4.76. The van der Waals surface area contributed by atoms with E-state index in [0.29, 0.717) is 5.69 Å². The molecule has 6 heteroatoms. The van der Waals surface area contributed by atoms with E-state index in [-0.39, 0.29) is 24.0 Å². The molecular weight excluding hydrogens is 376 g/mol. The van der Waals surface area contributed by atoms with Gasteiger partial charge in [-0.2, -0.15) is 0 Å². The van der Waals surface area contributed by atoms with Crippen LogP contribution in [0.3, 0.4) is 0 Å². The van der Waals surface area contributed by atoms with Gasteiger partial charge in [0.1, 0.15) is 5.69 Å². The number of carbonyl (C=O) groups excluding carboxylic acids is 2. The minimum atomic E-state index is -0.206. The Morgan fingerprint density at radius 2 is 1.70 bits per heavy atom. The molecule has 1 fully saturated rings. The van der Waals surface area contributed by atoms with Gasteiger partial charge in [-0.25, -0.2) is 4.79 Å². The number of fused-ring (bicyclic) bond motifs is 3. The fourth-order valence-electron chi connectivity index (χ4n) is 4.76. The molecule has 2 amide bonds. The van der Waals surface area contributed by atoms with Gasteiger partial charge in [0.05, 0.1) is 16.6 Å². The molecule has 1 N–H and O–H groups in total. The van der Waals surface area contributed by atoms with E-state index in [4.69, 9.17) is 0 Å². The molecule has 30 heavy (non-hydrogen) atoms. The molecule has 1 saturated carbocycles. The first-order valence-electron chi connectivity index (χ1n) is 11.1. The summed E-state index contributed by atoms with van der Waals surface area (Å²) in [6.07, 6.45) is 6.78. The van der Waals surface area contributed by atoms with Crippen molar-refractivity contribution in [3.05, 3.63) is 36.0 Å². The van der Waals surface area contributed by atoms with E-state index in [0.717, 1.165) is 47.6 Å². The average molecular weight is 409 g/mol. The molecule has 0 unspecified atom stereocenters. The van der Waals surface area contributed by atoms with Crippen LogP contribution in [0, 0.1) is 0 Å². The first-order chi connectivity index (χ1) is 14.4. The van der Waals surface area contributed by atoms with Gasteiger partial charge in [-0.15, -0.1) is 0 Å². The average Bonchev–Trinajstić information content (AvgIpc) is 3.11. The number of para-hydroxylation sites is 1. The number of aromatic nitrogens is 2. The first-order valence-corrected chi connectivity index (χ1v) is 11.1. The van der Waals surface area contributed by atoms with Gasteiger partial charge in [-0.3, -0.25) is 9.36 Å². The fraction of sp³-hybridized carbons (Fsp3) is 0.500. The van der Waals surface area contributed by atoms with E-state index in [1.54, 1.807) is 18.7 Å². The monoisotopic (exact) mass is 408 g/mol. The second kappa shape index (κ2) is 8.17. The molecule has 0 atom stereocenters. The topological polar surface area (TPSA) is 59.3 Å². The van der Waals surface area contributed by atoms with Crippen LogP contribution < -0.4 is 5.32 Å². The van der Waals surface area contributed by atoms with Crippen molar-refractivity contribution in [1.29, 1.82) is 0 Å². The molecule has 3 aromatic rings. The second-order valence-corrected chi connectivity index (χ2v) is 8.92. The zero-order valence-corrected chi connectivity index (χ0v) is 18.4. The summed E-state index contributed by atoms with van der Waals surface area (Å²) >= 11 is 0. The summed E-state index contributed by atoms with van der Waals surface area (Å²) in [7, 11) is 3.45. The molecule has 0 spiro atoms. The molecule has 2 heterocycles. The Morgan fingerprint density at radius 3 is 2.33 bits per heavy atom. The summed E-state index contributed by atoms with van der Waals surface area (Å²) in [6.45, 7) is 4.25. The Labute approximate surface area is 177 Å². The van der Waals surface area contributed by atoms with E-state index in [1.165, 1.54) is 17.7 Å². The van der Waals surface area contributed by atoms with Gasteiger partial charge in [0.25, 0.3) is 5.91 Å². The van der Waals surface area contributed by atoms with Crippen molar-refractivity contribution in [2.75, 3.05) is 14.1 Å². The van der Waals surface area contributed by atoms with Crippen molar-refractivity contribution >= 4 is 33.9 Å². The maximum Gasteiger partial charge on any atom is 0.328 e. The van der Waals surface area contributed by atoms with Crippen LogP contribution in [0.15, 0.2) is 30.3 Å². The van der Waals surface area contributed by atoms with E-state index < -0.39 is 0 Å². The van der Waals surface area contributed by atoms with Gasteiger partial charge in [0, 0.05) is 31.6 Å². The highest BCUT2D eigenvalue weighted by molar-refractivity contribution is 6.14. The van der Waals surface area contributed by atoms with Crippen molar-refractivity contribution < 1.29 is 9.59 Å². The first kappa shape index (κ1) is 20.5.